The Bertz CT molecular complexity index is 145. The van der Waals surface area contributed by atoms with Crippen LogP contribution in [0.3, 0.4) is 0 Å². The summed E-state index contributed by atoms with van der Waals surface area (Å²) in [6, 6.07) is 0. The zero-order chi connectivity index (χ0) is 5.11. The molecule has 0 aliphatic heterocycles. The molecular formula is C10H17CoF2O-5. The summed E-state index contributed by atoms with van der Waals surface area (Å²) in [5, 5.41) is 0. The molecule has 0 unspecified atom stereocenters. The van der Waals surface area contributed by atoms with Gasteiger partial charge >= 0.3 is 16.8 Å². The number of hydrogen-bond acceptors (Lipinski definition) is 1. The summed E-state index contributed by atoms with van der Waals surface area (Å²) in [7, 11) is 0. The number of carbonyl (C=O) groups excluding carboxylic acids is 1. The zero-order valence-corrected chi connectivity index (χ0v) is 9.98. The molecule has 4 heteroatoms. The van der Waals surface area contributed by atoms with Crippen molar-refractivity contribution in [2.75, 3.05) is 0 Å². The first kappa shape index (κ1) is 49.9. The van der Waals surface area contributed by atoms with E-state index < -0.39 is 0 Å². The second-order valence-electron chi connectivity index (χ2n) is 1.43. The van der Waals surface area contributed by atoms with Crippen LogP contribution < -0.4 is 9.41 Å². The Balaban J connectivity index is -0.0000000140. The van der Waals surface area contributed by atoms with Crippen molar-refractivity contribution >= 4 is 6.29 Å². The molecule has 0 amide bonds. The molecule has 0 aromatic rings. The Morgan fingerprint density at radius 3 is 1.64 bits per heavy atom. The van der Waals surface area contributed by atoms with E-state index in [-0.39, 0.29) is 55.9 Å². The summed E-state index contributed by atoms with van der Waals surface area (Å²) >= 11 is 0. The summed E-state index contributed by atoms with van der Waals surface area (Å²) in [5.41, 5.74) is 0.750. The molecule has 0 atom stereocenters. The standard InChI is InChI=1S/C6H5O.4CH3.Co.2FH/c7-5-6-3-1-2-4-6;;;;;;;/h1-3H,4H2;4*1H3;;2*1H/q5*-1;+2;;/p-2. The number of halogens is 2. The average molecular weight is 250 g/mol. The molecule has 1 radical (unpaired) electrons. The van der Waals surface area contributed by atoms with Crippen LogP contribution in [0.2, 0.25) is 0 Å². The topological polar surface area (TPSA) is 17.1 Å². The molecule has 1 rings (SSSR count). The fraction of sp³-hybridized carbons (Fsp3) is 0.100. The van der Waals surface area contributed by atoms with Gasteiger partial charge in [-0.25, -0.2) is 6.08 Å². The molecule has 0 aromatic heterocycles. The number of allylic oxidation sites excluding steroid dienone is 4. The second-order valence-corrected chi connectivity index (χ2v) is 1.43. The molecule has 0 bridgehead atoms. The van der Waals surface area contributed by atoms with E-state index in [0.717, 1.165) is 12.0 Å². The fourth-order valence-electron chi connectivity index (χ4n) is 0.523. The van der Waals surface area contributed by atoms with E-state index in [4.69, 9.17) is 0 Å². The molecule has 14 heavy (non-hydrogen) atoms. The van der Waals surface area contributed by atoms with Crippen LogP contribution in [0.25, 0.3) is 0 Å². The normalized spacial score (nSPS) is 8.43. The molecular weight excluding hydrogens is 233 g/mol. The minimum Gasteiger partial charge on any atom is -1.00 e. The third kappa shape index (κ3) is 17.6. The van der Waals surface area contributed by atoms with E-state index in [2.05, 4.69) is 0 Å². The van der Waals surface area contributed by atoms with E-state index in [1.165, 1.54) is 0 Å². The van der Waals surface area contributed by atoms with Gasteiger partial charge < -0.3 is 43.9 Å². The van der Waals surface area contributed by atoms with Crippen molar-refractivity contribution in [1.29, 1.82) is 0 Å². The smallest absolute Gasteiger partial charge is 1.00 e. The van der Waals surface area contributed by atoms with Gasteiger partial charge in [0.25, 0.3) is 0 Å². The monoisotopic (exact) mass is 250 g/mol. The van der Waals surface area contributed by atoms with Gasteiger partial charge in [0, 0.05) is 0 Å². The van der Waals surface area contributed by atoms with Gasteiger partial charge in [0.15, 0.2) is 0 Å². The molecule has 0 heterocycles. The summed E-state index contributed by atoms with van der Waals surface area (Å²) in [5.74, 6) is 0. The number of hydrogen-bond donors (Lipinski definition) is 0. The van der Waals surface area contributed by atoms with Gasteiger partial charge in [0.05, 0.1) is 0 Å². The van der Waals surface area contributed by atoms with Gasteiger partial charge in [0.2, 0.25) is 0 Å². The maximum Gasteiger partial charge on any atom is 2.00 e. The van der Waals surface area contributed by atoms with Crippen molar-refractivity contribution < 1.29 is 31.0 Å². The molecule has 1 aliphatic rings. The van der Waals surface area contributed by atoms with Crippen LogP contribution in [0.1, 0.15) is 6.42 Å². The zero-order valence-electron chi connectivity index (χ0n) is 8.94. The SMILES string of the molecule is O=[C-]C1=CC=CC1.[CH3-].[CH3-].[CH3-].[CH3-].[Co+2].[F-].[F-]. The molecule has 0 saturated heterocycles. The van der Waals surface area contributed by atoms with Crippen molar-refractivity contribution in [3.8, 4) is 0 Å². The average Bonchev–Trinajstić information content (AvgIpc) is 2.14. The maximum atomic E-state index is 9.77. The third-order valence-electron chi connectivity index (χ3n) is 0.902. The van der Waals surface area contributed by atoms with Crippen molar-refractivity contribution in [3.05, 3.63) is 53.5 Å². The van der Waals surface area contributed by atoms with E-state index in [0.29, 0.717) is 0 Å². The van der Waals surface area contributed by atoms with E-state index in [1.54, 1.807) is 6.08 Å². The minimum atomic E-state index is 0. The summed E-state index contributed by atoms with van der Waals surface area (Å²) in [6.07, 6.45) is 8.14. The molecule has 0 saturated carbocycles. The number of rotatable bonds is 1. The third-order valence-corrected chi connectivity index (χ3v) is 0.902. The van der Waals surface area contributed by atoms with Gasteiger partial charge in [-0.3, -0.25) is 0 Å². The summed E-state index contributed by atoms with van der Waals surface area (Å²) < 4.78 is 0. The van der Waals surface area contributed by atoms with E-state index in [9.17, 15) is 4.79 Å². The Morgan fingerprint density at radius 1 is 1.07 bits per heavy atom. The Kier molecular flexibility index (Phi) is 105. The van der Waals surface area contributed by atoms with Gasteiger partial charge in [-0.15, -0.1) is 12.2 Å². The van der Waals surface area contributed by atoms with Gasteiger partial charge in [0.1, 0.15) is 0 Å². The van der Waals surface area contributed by atoms with Crippen molar-refractivity contribution in [2.24, 2.45) is 0 Å². The minimum absolute atomic E-state index is 0. The molecule has 1 aliphatic carbocycles. The Labute approximate surface area is 97.6 Å². The van der Waals surface area contributed by atoms with Gasteiger partial charge in [-0.1, -0.05) is 0 Å². The largest absolute Gasteiger partial charge is 2.00 e. The Hall–Kier alpha value is -0.484. The molecule has 0 fully saturated rings. The quantitative estimate of drug-likeness (QED) is 0.448. The molecule has 0 N–H and O–H groups in total. The van der Waals surface area contributed by atoms with Crippen molar-refractivity contribution in [3.63, 3.8) is 0 Å². The molecule has 0 spiro atoms. The maximum absolute atomic E-state index is 9.77. The van der Waals surface area contributed by atoms with Gasteiger partial charge in [-0.2, -0.15) is 5.57 Å². The second kappa shape index (κ2) is 29.4. The van der Waals surface area contributed by atoms with Crippen molar-refractivity contribution in [1.82, 2.24) is 0 Å². The fourth-order valence-corrected chi connectivity index (χ4v) is 0.523. The van der Waals surface area contributed by atoms with Crippen LogP contribution in [-0.4, -0.2) is 6.29 Å². The van der Waals surface area contributed by atoms with Crippen molar-refractivity contribution in [2.45, 2.75) is 6.42 Å². The predicted molar refractivity (Wildman–Crippen MR) is 53.2 cm³/mol. The molecule has 0 aromatic carbocycles. The predicted octanol–water partition coefficient (Wildman–Crippen LogP) is -3.21. The molecule has 1 nitrogen and oxygen atoms in total. The Morgan fingerprint density at radius 2 is 1.50 bits per heavy atom. The van der Waals surface area contributed by atoms with Crippen LogP contribution in [-0.2, 0) is 21.6 Å². The summed E-state index contributed by atoms with van der Waals surface area (Å²) in [4.78, 5) is 9.77. The molecule has 91 valence electrons. The van der Waals surface area contributed by atoms with Crippen LogP contribution in [0, 0.1) is 29.7 Å². The van der Waals surface area contributed by atoms with E-state index >= 15 is 0 Å². The first-order valence-electron chi connectivity index (χ1n) is 2.17. The first-order chi connectivity index (χ1) is 3.43. The van der Waals surface area contributed by atoms with Crippen LogP contribution in [0.5, 0.6) is 0 Å². The van der Waals surface area contributed by atoms with Crippen LogP contribution >= 0.6 is 0 Å². The van der Waals surface area contributed by atoms with Gasteiger partial charge in [-0.05, 0) is 12.7 Å². The van der Waals surface area contributed by atoms with Crippen LogP contribution in [0.15, 0.2) is 23.8 Å². The first-order valence-corrected chi connectivity index (χ1v) is 2.17. The van der Waals surface area contributed by atoms with Crippen LogP contribution in [0.4, 0.5) is 0 Å². The summed E-state index contributed by atoms with van der Waals surface area (Å²) in [6.45, 7) is 0. The van der Waals surface area contributed by atoms with E-state index in [1.807, 2.05) is 18.4 Å².